The topological polar surface area (TPSA) is 78.4 Å². The van der Waals surface area contributed by atoms with Crippen molar-refractivity contribution in [2.45, 2.75) is 0 Å². The van der Waals surface area contributed by atoms with Crippen molar-refractivity contribution in [3.63, 3.8) is 0 Å². The fourth-order valence-corrected chi connectivity index (χ4v) is 2.60. The highest BCUT2D eigenvalue weighted by molar-refractivity contribution is 9.11. The smallest absolute Gasteiger partial charge is 0.295 e. The van der Waals surface area contributed by atoms with Crippen LogP contribution in [0.15, 0.2) is 45.3 Å². The maximum Gasteiger partial charge on any atom is 0.295 e. The Labute approximate surface area is 125 Å². The van der Waals surface area contributed by atoms with E-state index in [-0.39, 0.29) is 11.4 Å². The third-order valence-corrected chi connectivity index (χ3v) is 3.59. The van der Waals surface area contributed by atoms with Crippen LogP contribution in [0.4, 0.5) is 11.4 Å². The molecule has 0 spiro atoms. The van der Waals surface area contributed by atoms with E-state index in [1.54, 1.807) is 6.07 Å². The Morgan fingerprint density at radius 3 is 2.37 bits per heavy atom. The summed E-state index contributed by atoms with van der Waals surface area (Å²) in [4.78, 5) is 10.3. The Morgan fingerprint density at radius 2 is 1.79 bits per heavy atom. The summed E-state index contributed by atoms with van der Waals surface area (Å²) < 4.78 is 7.11. The molecule has 7 heteroatoms. The van der Waals surface area contributed by atoms with Gasteiger partial charge < -0.3 is 10.5 Å². The summed E-state index contributed by atoms with van der Waals surface area (Å²) >= 11 is 6.71. The van der Waals surface area contributed by atoms with E-state index >= 15 is 0 Å². The zero-order valence-electron chi connectivity index (χ0n) is 9.47. The molecule has 2 N–H and O–H groups in total. The number of nitrogens with zero attached hydrogens (tertiary/aromatic N) is 1. The Bertz CT molecular complexity index is 627. The van der Waals surface area contributed by atoms with E-state index in [4.69, 9.17) is 10.5 Å². The van der Waals surface area contributed by atoms with Crippen LogP contribution in [0.3, 0.4) is 0 Å². The zero-order chi connectivity index (χ0) is 14.0. The zero-order valence-corrected chi connectivity index (χ0v) is 12.6. The predicted octanol–water partition coefficient (Wildman–Crippen LogP) is 4.49. The van der Waals surface area contributed by atoms with Gasteiger partial charge in [0.25, 0.3) is 5.69 Å². The van der Waals surface area contributed by atoms with E-state index in [1.807, 2.05) is 18.2 Å². The highest BCUT2D eigenvalue weighted by atomic mass is 79.9. The van der Waals surface area contributed by atoms with Gasteiger partial charge in [-0.05, 0) is 56.1 Å². The van der Waals surface area contributed by atoms with Gasteiger partial charge in [0, 0.05) is 0 Å². The predicted molar refractivity (Wildman–Crippen MR) is 79.4 cm³/mol. The number of nitrogen functional groups attached to an aromatic ring is 1. The molecule has 0 aliphatic rings. The van der Waals surface area contributed by atoms with E-state index in [2.05, 4.69) is 31.9 Å². The number of nitro benzene ring substituents is 1. The standard InChI is InChI=1S/C12H8Br2N2O3/c13-8-2-1-3-9(14)12(8)19-7-4-5-10(15)11(6-7)16(17)18/h1-6H,15H2. The second kappa shape index (κ2) is 5.58. The van der Waals surface area contributed by atoms with Gasteiger partial charge in [0.1, 0.15) is 11.4 Å². The van der Waals surface area contributed by atoms with Crippen LogP contribution in [0.1, 0.15) is 0 Å². The first-order chi connectivity index (χ1) is 8.99. The SMILES string of the molecule is Nc1ccc(Oc2c(Br)cccc2Br)cc1[N+](=O)[O-]. The summed E-state index contributed by atoms with van der Waals surface area (Å²) in [7, 11) is 0. The van der Waals surface area contributed by atoms with Crippen molar-refractivity contribution in [1.29, 1.82) is 0 Å². The van der Waals surface area contributed by atoms with Crippen molar-refractivity contribution >= 4 is 43.2 Å². The van der Waals surface area contributed by atoms with Crippen molar-refractivity contribution < 1.29 is 9.66 Å². The summed E-state index contributed by atoms with van der Waals surface area (Å²) in [6.45, 7) is 0. The number of nitro groups is 1. The fraction of sp³-hybridized carbons (Fsp3) is 0. The molecule has 0 atom stereocenters. The molecule has 2 rings (SSSR count). The number of ether oxygens (including phenoxy) is 1. The largest absolute Gasteiger partial charge is 0.455 e. The van der Waals surface area contributed by atoms with Gasteiger partial charge in [-0.1, -0.05) is 6.07 Å². The van der Waals surface area contributed by atoms with Crippen molar-refractivity contribution in [2.24, 2.45) is 0 Å². The minimum absolute atomic E-state index is 0.101. The highest BCUT2D eigenvalue weighted by Gasteiger charge is 2.14. The molecule has 0 saturated carbocycles. The van der Waals surface area contributed by atoms with Crippen molar-refractivity contribution in [3.8, 4) is 11.5 Å². The number of anilines is 1. The van der Waals surface area contributed by atoms with E-state index in [0.29, 0.717) is 11.5 Å². The molecule has 2 aromatic rings. The van der Waals surface area contributed by atoms with Crippen LogP contribution in [0.5, 0.6) is 11.5 Å². The van der Waals surface area contributed by atoms with Gasteiger partial charge in [-0.3, -0.25) is 10.1 Å². The number of para-hydroxylation sites is 1. The molecule has 0 fully saturated rings. The monoisotopic (exact) mass is 386 g/mol. The number of halogens is 2. The molecular weight excluding hydrogens is 380 g/mol. The molecule has 0 heterocycles. The lowest BCUT2D eigenvalue weighted by Crippen LogP contribution is -1.96. The molecule has 0 aliphatic carbocycles. The number of rotatable bonds is 3. The van der Waals surface area contributed by atoms with Crippen molar-refractivity contribution in [3.05, 3.63) is 55.5 Å². The molecule has 0 saturated heterocycles. The first-order valence-electron chi connectivity index (χ1n) is 5.15. The third-order valence-electron chi connectivity index (χ3n) is 2.34. The van der Waals surface area contributed by atoms with Gasteiger partial charge in [0.15, 0.2) is 5.75 Å². The minimum Gasteiger partial charge on any atom is -0.455 e. The van der Waals surface area contributed by atoms with Crippen LogP contribution in [0, 0.1) is 10.1 Å². The normalized spacial score (nSPS) is 10.2. The molecule has 0 bridgehead atoms. The van der Waals surface area contributed by atoms with E-state index in [0.717, 1.165) is 8.95 Å². The Hall–Kier alpha value is -1.60. The van der Waals surface area contributed by atoms with E-state index in [1.165, 1.54) is 12.1 Å². The molecule has 0 radical (unpaired) electrons. The van der Waals surface area contributed by atoms with Crippen molar-refractivity contribution in [2.75, 3.05) is 5.73 Å². The van der Waals surface area contributed by atoms with Crippen LogP contribution < -0.4 is 10.5 Å². The van der Waals surface area contributed by atoms with Crippen LogP contribution in [0.25, 0.3) is 0 Å². The summed E-state index contributed by atoms with van der Waals surface area (Å²) in [6.07, 6.45) is 0. The van der Waals surface area contributed by atoms with E-state index < -0.39 is 4.92 Å². The lowest BCUT2D eigenvalue weighted by molar-refractivity contribution is -0.384. The van der Waals surface area contributed by atoms with Gasteiger partial charge in [-0.25, -0.2) is 0 Å². The molecule has 0 aromatic heterocycles. The molecule has 19 heavy (non-hydrogen) atoms. The van der Waals surface area contributed by atoms with E-state index in [9.17, 15) is 10.1 Å². The lowest BCUT2D eigenvalue weighted by Gasteiger charge is -2.10. The second-order valence-electron chi connectivity index (χ2n) is 3.63. The molecule has 0 unspecified atom stereocenters. The maximum atomic E-state index is 10.8. The second-order valence-corrected chi connectivity index (χ2v) is 5.34. The third kappa shape index (κ3) is 3.05. The van der Waals surface area contributed by atoms with Gasteiger partial charge in [0.2, 0.25) is 0 Å². The Kier molecular flexibility index (Phi) is 4.06. The number of benzene rings is 2. The summed E-state index contributed by atoms with van der Waals surface area (Å²) in [5.74, 6) is 0.884. The molecule has 0 amide bonds. The highest BCUT2D eigenvalue weighted by Crippen LogP contribution is 2.38. The van der Waals surface area contributed by atoms with Gasteiger partial charge in [-0.15, -0.1) is 0 Å². The molecule has 2 aromatic carbocycles. The van der Waals surface area contributed by atoms with Gasteiger partial charge in [0.05, 0.1) is 19.9 Å². The number of nitrogens with two attached hydrogens (primary N) is 1. The fourth-order valence-electron chi connectivity index (χ4n) is 1.44. The first kappa shape index (κ1) is 13.8. The average molecular weight is 388 g/mol. The number of hydrogen-bond acceptors (Lipinski definition) is 4. The van der Waals surface area contributed by atoms with Crippen LogP contribution in [0.2, 0.25) is 0 Å². The summed E-state index contributed by atoms with van der Waals surface area (Å²) in [6, 6.07) is 9.78. The average Bonchev–Trinajstić information content (AvgIpc) is 2.35. The van der Waals surface area contributed by atoms with Gasteiger partial charge in [-0.2, -0.15) is 0 Å². The van der Waals surface area contributed by atoms with Crippen LogP contribution >= 0.6 is 31.9 Å². The van der Waals surface area contributed by atoms with Gasteiger partial charge >= 0.3 is 0 Å². The minimum atomic E-state index is -0.544. The molecule has 0 aliphatic heterocycles. The van der Waals surface area contributed by atoms with Crippen molar-refractivity contribution in [1.82, 2.24) is 0 Å². The summed E-state index contributed by atoms with van der Waals surface area (Å²) in [5.41, 5.74) is 5.45. The quantitative estimate of drug-likeness (QED) is 0.478. The lowest BCUT2D eigenvalue weighted by atomic mass is 10.2. The molecular formula is C12H8Br2N2O3. The Morgan fingerprint density at radius 1 is 1.16 bits per heavy atom. The molecule has 5 nitrogen and oxygen atoms in total. The Balaban J connectivity index is 2.39. The molecule has 98 valence electrons. The van der Waals surface area contributed by atoms with Crippen LogP contribution in [-0.4, -0.2) is 4.92 Å². The number of hydrogen-bond donors (Lipinski definition) is 1. The summed E-state index contributed by atoms with van der Waals surface area (Å²) in [5, 5.41) is 10.8. The first-order valence-corrected chi connectivity index (χ1v) is 6.73. The van der Waals surface area contributed by atoms with Crippen LogP contribution in [-0.2, 0) is 0 Å². The maximum absolute atomic E-state index is 10.8.